The first kappa shape index (κ1) is 16.5. The van der Waals surface area contributed by atoms with E-state index in [0.29, 0.717) is 5.92 Å². The molecular weight excluding hydrogens is 286 g/mol. The van der Waals surface area contributed by atoms with E-state index in [1.807, 2.05) is 0 Å². The molecule has 1 aromatic heterocycles. The quantitative estimate of drug-likeness (QED) is 0.868. The number of nitrogens with zero attached hydrogens (tertiary/aromatic N) is 1. The monoisotopic (exact) mass is 315 g/mol. The van der Waals surface area contributed by atoms with E-state index < -0.39 is 5.60 Å². The number of hydrogen-bond donors (Lipinski definition) is 1. The van der Waals surface area contributed by atoms with Crippen LogP contribution in [-0.2, 0) is 17.7 Å². The van der Waals surface area contributed by atoms with Gasteiger partial charge in [0.05, 0.1) is 12.2 Å². The fraction of sp³-hybridized carbons (Fsp3) is 0.600. The molecule has 1 aromatic carbocycles. The maximum Gasteiger partial charge on any atom is 0.0690 e. The number of rotatable bonds is 6. The molecule has 0 spiro atoms. The van der Waals surface area contributed by atoms with Crippen LogP contribution < -0.4 is 0 Å². The van der Waals surface area contributed by atoms with E-state index in [1.165, 1.54) is 29.3 Å². The molecule has 1 heterocycles. The van der Waals surface area contributed by atoms with Gasteiger partial charge in [-0.3, -0.25) is 0 Å². The Morgan fingerprint density at radius 3 is 3.00 bits per heavy atom. The summed E-state index contributed by atoms with van der Waals surface area (Å²) in [4.78, 5) is 0. The number of methoxy groups -OCH3 is 1. The van der Waals surface area contributed by atoms with Gasteiger partial charge in [-0.15, -0.1) is 0 Å². The molecule has 1 fully saturated rings. The predicted octanol–water partition coefficient (Wildman–Crippen LogP) is 4.16. The summed E-state index contributed by atoms with van der Waals surface area (Å²) in [6.07, 6.45) is 8.40. The summed E-state index contributed by atoms with van der Waals surface area (Å²) < 4.78 is 7.43. The molecule has 1 N–H and O–H groups in total. The van der Waals surface area contributed by atoms with E-state index in [-0.39, 0.29) is 0 Å². The summed E-state index contributed by atoms with van der Waals surface area (Å²) in [6.45, 7) is 3.83. The van der Waals surface area contributed by atoms with Gasteiger partial charge in [0.25, 0.3) is 0 Å². The van der Waals surface area contributed by atoms with E-state index in [4.69, 9.17) is 4.74 Å². The van der Waals surface area contributed by atoms with Gasteiger partial charge in [-0.2, -0.15) is 0 Å². The highest BCUT2D eigenvalue weighted by Crippen LogP contribution is 2.37. The Morgan fingerprint density at radius 1 is 1.35 bits per heavy atom. The summed E-state index contributed by atoms with van der Waals surface area (Å²) in [5, 5.41) is 12.4. The van der Waals surface area contributed by atoms with Gasteiger partial charge in [-0.05, 0) is 36.5 Å². The SMILES string of the molecule is CCC1CCCC(O)(Cc2cccc3c2ccn3CCOC)C1. The molecule has 0 aliphatic heterocycles. The third-order valence-corrected chi connectivity index (χ3v) is 5.46. The van der Waals surface area contributed by atoms with Gasteiger partial charge < -0.3 is 14.4 Å². The fourth-order valence-corrected chi connectivity index (χ4v) is 4.15. The van der Waals surface area contributed by atoms with E-state index in [0.717, 1.165) is 38.8 Å². The van der Waals surface area contributed by atoms with Crippen LogP contribution in [0.25, 0.3) is 10.9 Å². The second-order valence-electron chi connectivity index (χ2n) is 7.12. The second-order valence-corrected chi connectivity index (χ2v) is 7.12. The van der Waals surface area contributed by atoms with Gasteiger partial charge in [0, 0.05) is 37.2 Å². The highest BCUT2D eigenvalue weighted by molar-refractivity contribution is 5.83. The van der Waals surface area contributed by atoms with Crippen LogP contribution in [0.1, 0.15) is 44.6 Å². The van der Waals surface area contributed by atoms with E-state index in [1.54, 1.807) is 7.11 Å². The van der Waals surface area contributed by atoms with Crippen LogP contribution in [0.15, 0.2) is 30.5 Å². The van der Waals surface area contributed by atoms with E-state index in [2.05, 4.69) is 42.0 Å². The number of aliphatic hydroxyl groups is 1. The minimum absolute atomic E-state index is 0.526. The lowest BCUT2D eigenvalue weighted by Gasteiger charge is -2.37. The zero-order valence-corrected chi connectivity index (χ0v) is 14.4. The molecule has 2 aromatic rings. The van der Waals surface area contributed by atoms with Gasteiger partial charge in [0.15, 0.2) is 0 Å². The Morgan fingerprint density at radius 2 is 2.22 bits per heavy atom. The maximum absolute atomic E-state index is 11.1. The summed E-state index contributed by atoms with van der Waals surface area (Å²) >= 11 is 0. The summed E-state index contributed by atoms with van der Waals surface area (Å²) in [7, 11) is 1.74. The molecule has 2 unspecified atom stereocenters. The Bertz CT molecular complexity index is 648. The van der Waals surface area contributed by atoms with Crippen LogP contribution >= 0.6 is 0 Å². The zero-order valence-electron chi connectivity index (χ0n) is 14.4. The maximum atomic E-state index is 11.1. The molecule has 3 heteroatoms. The van der Waals surface area contributed by atoms with Crippen molar-refractivity contribution < 1.29 is 9.84 Å². The van der Waals surface area contributed by atoms with Crippen molar-refractivity contribution in [2.75, 3.05) is 13.7 Å². The Kier molecular flexibility index (Phi) is 5.08. The first-order valence-corrected chi connectivity index (χ1v) is 8.93. The molecule has 126 valence electrons. The normalized spacial score (nSPS) is 25.1. The lowest BCUT2D eigenvalue weighted by atomic mass is 9.74. The van der Waals surface area contributed by atoms with Crippen LogP contribution in [0.5, 0.6) is 0 Å². The predicted molar refractivity (Wildman–Crippen MR) is 94.7 cm³/mol. The minimum Gasteiger partial charge on any atom is -0.390 e. The average Bonchev–Trinajstić information content (AvgIpc) is 2.97. The smallest absolute Gasteiger partial charge is 0.0690 e. The lowest BCUT2D eigenvalue weighted by molar-refractivity contribution is -0.0159. The van der Waals surface area contributed by atoms with Crippen molar-refractivity contribution in [2.45, 2.75) is 57.6 Å². The highest BCUT2D eigenvalue weighted by Gasteiger charge is 2.34. The number of fused-ring (bicyclic) bond motifs is 1. The summed E-state index contributed by atoms with van der Waals surface area (Å²) in [5.74, 6) is 0.680. The van der Waals surface area contributed by atoms with Crippen LogP contribution in [0.4, 0.5) is 0 Å². The molecule has 3 nitrogen and oxygen atoms in total. The molecule has 0 saturated heterocycles. The van der Waals surface area contributed by atoms with Crippen molar-refractivity contribution in [2.24, 2.45) is 5.92 Å². The number of benzene rings is 1. The first-order valence-electron chi connectivity index (χ1n) is 8.93. The first-order chi connectivity index (χ1) is 11.1. The van der Waals surface area contributed by atoms with E-state index >= 15 is 0 Å². The van der Waals surface area contributed by atoms with Crippen molar-refractivity contribution >= 4 is 10.9 Å². The molecule has 1 aliphatic carbocycles. The van der Waals surface area contributed by atoms with Gasteiger partial charge in [-0.25, -0.2) is 0 Å². The second kappa shape index (κ2) is 7.06. The van der Waals surface area contributed by atoms with Crippen LogP contribution in [0, 0.1) is 5.92 Å². The summed E-state index contributed by atoms with van der Waals surface area (Å²) in [5.41, 5.74) is 1.99. The van der Waals surface area contributed by atoms with E-state index in [9.17, 15) is 5.11 Å². The molecule has 23 heavy (non-hydrogen) atoms. The molecule has 1 aliphatic rings. The van der Waals surface area contributed by atoms with Crippen molar-refractivity contribution in [3.63, 3.8) is 0 Å². The Hall–Kier alpha value is -1.32. The van der Waals surface area contributed by atoms with Crippen LogP contribution in [-0.4, -0.2) is 29.0 Å². The molecule has 0 bridgehead atoms. The molecular formula is C20H29NO2. The Balaban J connectivity index is 1.84. The number of aromatic nitrogens is 1. The van der Waals surface area contributed by atoms with Crippen LogP contribution in [0.3, 0.4) is 0 Å². The van der Waals surface area contributed by atoms with Crippen LogP contribution in [0.2, 0.25) is 0 Å². The van der Waals surface area contributed by atoms with Gasteiger partial charge in [0.1, 0.15) is 0 Å². The molecule has 2 atom stereocenters. The lowest BCUT2D eigenvalue weighted by Crippen LogP contribution is -2.37. The van der Waals surface area contributed by atoms with Crippen molar-refractivity contribution in [3.05, 3.63) is 36.0 Å². The molecule has 3 rings (SSSR count). The fourth-order valence-electron chi connectivity index (χ4n) is 4.15. The number of ether oxygens (including phenoxy) is 1. The van der Waals surface area contributed by atoms with Crippen molar-refractivity contribution in [1.29, 1.82) is 0 Å². The highest BCUT2D eigenvalue weighted by atomic mass is 16.5. The molecule has 1 saturated carbocycles. The van der Waals surface area contributed by atoms with Gasteiger partial charge in [-0.1, -0.05) is 38.3 Å². The minimum atomic E-state index is -0.526. The Labute approximate surface area is 139 Å². The van der Waals surface area contributed by atoms with Gasteiger partial charge in [0.2, 0.25) is 0 Å². The standard InChI is InChI=1S/C20H29NO2/c1-3-16-6-5-10-20(22,14-16)15-17-7-4-8-19-18(17)9-11-21(19)12-13-23-2/h4,7-9,11,16,22H,3,5-6,10,12-15H2,1-2H3. The molecule has 0 amide bonds. The van der Waals surface area contributed by atoms with Crippen molar-refractivity contribution in [3.8, 4) is 0 Å². The largest absolute Gasteiger partial charge is 0.390 e. The number of hydrogen-bond acceptors (Lipinski definition) is 2. The van der Waals surface area contributed by atoms with Crippen molar-refractivity contribution in [1.82, 2.24) is 4.57 Å². The topological polar surface area (TPSA) is 34.4 Å². The summed E-state index contributed by atoms with van der Waals surface area (Å²) in [6, 6.07) is 8.64. The zero-order chi connectivity index (χ0) is 16.3. The third-order valence-electron chi connectivity index (χ3n) is 5.46. The average molecular weight is 315 g/mol. The third kappa shape index (κ3) is 3.61. The van der Waals surface area contributed by atoms with Gasteiger partial charge >= 0.3 is 0 Å². The molecule has 0 radical (unpaired) electrons.